The van der Waals surface area contributed by atoms with Crippen molar-refractivity contribution in [3.05, 3.63) is 29.3 Å². The molecule has 1 N–H and O–H groups in total. The zero-order valence-electron chi connectivity index (χ0n) is 11.4. The number of hydrogen-bond acceptors (Lipinski definition) is 4. The summed E-state index contributed by atoms with van der Waals surface area (Å²) in [6.45, 7) is 1.01. The van der Waals surface area contributed by atoms with Crippen molar-refractivity contribution in [2.45, 2.75) is 12.8 Å². The number of nitrogens with one attached hydrogen (secondary N) is 1. The number of rotatable bonds is 5. The van der Waals surface area contributed by atoms with Crippen LogP contribution in [-0.4, -0.2) is 30.9 Å². The Kier molecular flexibility index (Phi) is 4.22. The van der Waals surface area contributed by atoms with Crippen LogP contribution in [0.3, 0.4) is 0 Å². The zero-order valence-corrected chi connectivity index (χ0v) is 11.4. The van der Waals surface area contributed by atoms with Gasteiger partial charge in [0.05, 0.1) is 17.7 Å². The molecule has 1 aromatic rings. The highest BCUT2D eigenvalue weighted by Crippen LogP contribution is 2.29. The summed E-state index contributed by atoms with van der Waals surface area (Å²) in [5.41, 5.74) is 1.33. The summed E-state index contributed by atoms with van der Waals surface area (Å²) in [5, 5.41) is 20.8. The second-order valence-corrected chi connectivity index (χ2v) is 5.06. The van der Waals surface area contributed by atoms with Gasteiger partial charge < -0.3 is 10.2 Å². The van der Waals surface area contributed by atoms with Crippen molar-refractivity contribution in [1.29, 1.82) is 10.5 Å². The average molecular weight is 268 g/mol. The van der Waals surface area contributed by atoms with E-state index in [-0.39, 0.29) is 12.5 Å². The number of anilines is 1. The number of carbonyl (C=O) groups is 1. The van der Waals surface area contributed by atoms with E-state index in [0.717, 1.165) is 6.54 Å². The molecule has 0 unspecified atom stereocenters. The molecular weight excluding hydrogens is 252 g/mol. The molecule has 1 aliphatic rings. The second kappa shape index (κ2) is 6.08. The molecule has 1 aromatic carbocycles. The minimum absolute atomic E-state index is 0.0276. The fourth-order valence-electron chi connectivity index (χ4n) is 1.95. The Morgan fingerprint density at radius 3 is 2.65 bits per heavy atom. The fraction of sp³-hybridized carbons (Fsp3) is 0.400. The number of nitriles is 2. The van der Waals surface area contributed by atoms with Crippen LogP contribution in [0.1, 0.15) is 24.0 Å². The smallest absolute Gasteiger partial charge is 0.241 e. The number of hydrogen-bond donors (Lipinski definition) is 1. The first-order chi connectivity index (χ1) is 9.63. The topological polar surface area (TPSA) is 79.9 Å². The summed E-state index contributed by atoms with van der Waals surface area (Å²) in [5.74, 6) is 0.698. The Morgan fingerprint density at radius 1 is 1.35 bits per heavy atom. The lowest BCUT2D eigenvalue weighted by Crippen LogP contribution is -2.33. The van der Waals surface area contributed by atoms with Crippen LogP contribution in [-0.2, 0) is 4.79 Å². The second-order valence-electron chi connectivity index (χ2n) is 5.06. The SMILES string of the molecule is CN(CC1CC1)C(=O)CNc1ccc(C#N)c(C#N)c1. The van der Waals surface area contributed by atoms with Crippen LogP contribution in [0.25, 0.3) is 0 Å². The van der Waals surface area contributed by atoms with Crippen LogP contribution in [0.15, 0.2) is 18.2 Å². The average Bonchev–Trinajstić information content (AvgIpc) is 3.28. The first kappa shape index (κ1) is 13.9. The van der Waals surface area contributed by atoms with E-state index in [9.17, 15) is 4.79 Å². The third-order valence-corrected chi connectivity index (χ3v) is 3.36. The Hall–Kier alpha value is -2.53. The number of likely N-dealkylation sites (N-methyl/N-ethyl adjacent to an activating group) is 1. The van der Waals surface area contributed by atoms with Crippen molar-refractivity contribution < 1.29 is 4.79 Å². The zero-order chi connectivity index (χ0) is 14.5. The van der Waals surface area contributed by atoms with Gasteiger partial charge in [-0.2, -0.15) is 10.5 Å². The third-order valence-electron chi connectivity index (χ3n) is 3.36. The summed E-state index contributed by atoms with van der Waals surface area (Å²) in [6.07, 6.45) is 2.43. The monoisotopic (exact) mass is 268 g/mol. The molecule has 5 heteroatoms. The van der Waals surface area contributed by atoms with Gasteiger partial charge in [-0.25, -0.2) is 0 Å². The molecule has 0 spiro atoms. The molecule has 0 heterocycles. The molecule has 102 valence electrons. The van der Waals surface area contributed by atoms with E-state index in [1.54, 1.807) is 23.1 Å². The normalized spacial score (nSPS) is 13.2. The predicted molar refractivity (Wildman–Crippen MR) is 74.7 cm³/mol. The standard InChI is InChI=1S/C15H16N4O/c1-19(10-11-2-3-11)15(20)9-18-14-5-4-12(7-16)13(6-14)8-17/h4-6,11,18H,2-3,9-10H2,1H3. The molecule has 20 heavy (non-hydrogen) atoms. The van der Waals surface area contributed by atoms with Gasteiger partial charge in [0.1, 0.15) is 12.1 Å². The van der Waals surface area contributed by atoms with Crippen molar-refractivity contribution in [2.24, 2.45) is 5.92 Å². The first-order valence-electron chi connectivity index (χ1n) is 6.56. The molecule has 1 amide bonds. The van der Waals surface area contributed by atoms with Crippen molar-refractivity contribution in [1.82, 2.24) is 4.90 Å². The number of nitrogens with zero attached hydrogens (tertiary/aromatic N) is 3. The molecule has 0 aromatic heterocycles. The van der Waals surface area contributed by atoms with E-state index < -0.39 is 0 Å². The first-order valence-corrected chi connectivity index (χ1v) is 6.56. The quantitative estimate of drug-likeness (QED) is 0.881. The van der Waals surface area contributed by atoms with Gasteiger partial charge >= 0.3 is 0 Å². The summed E-state index contributed by atoms with van der Waals surface area (Å²) in [6, 6.07) is 8.81. The number of carbonyl (C=O) groups excluding carboxylic acids is 1. The summed E-state index contributed by atoms with van der Waals surface area (Å²) in [7, 11) is 1.81. The highest BCUT2D eigenvalue weighted by Gasteiger charge is 2.24. The Morgan fingerprint density at radius 2 is 2.05 bits per heavy atom. The highest BCUT2D eigenvalue weighted by atomic mass is 16.2. The van der Waals surface area contributed by atoms with E-state index in [2.05, 4.69) is 5.32 Å². The van der Waals surface area contributed by atoms with Gasteiger partial charge in [-0.15, -0.1) is 0 Å². The van der Waals surface area contributed by atoms with Gasteiger partial charge in [0, 0.05) is 19.3 Å². The highest BCUT2D eigenvalue weighted by molar-refractivity contribution is 5.80. The van der Waals surface area contributed by atoms with Crippen LogP contribution in [0, 0.1) is 28.6 Å². The lowest BCUT2D eigenvalue weighted by Gasteiger charge is -2.17. The van der Waals surface area contributed by atoms with Crippen LogP contribution in [0.5, 0.6) is 0 Å². The van der Waals surface area contributed by atoms with Crippen LogP contribution < -0.4 is 5.32 Å². The summed E-state index contributed by atoms with van der Waals surface area (Å²) in [4.78, 5) is 13.6. The van der Waals surface area contributed by atoms with Crippen LogP contribution in [0.2, 0.25) is 0 Å². The minimum atomic E-state index is 0.0276. The van der Waals surface area contributed by atoms with E-state index >= 15 is 0 Å². The molecular formula is C15H16N4O. The molecule has 0 atom stereocenters. The Balaban J connectivity index is 1.92. The summed E-state index contributed by atoms with van der Waals surface area (Å²) >= 11 is 0. The van der Waals surface area contributed by atoms with Gasteiger partial charge in [0.15, 0.2) is 0 Å². The van der Waals surface area contributed by atoms with Crippen LogP contribution >= 0.6 is 0 Å². The van der Waals surface area contributed by atoms with Gasteiger partial charge in [-0.1, -0.05) is 0 Å². The molecule has 0 aliphatic heterocycles. The van der Waals surface area contributed by atoms with E-state index in [1.165, 1.54) is 12.8 Å². The molecule has 0 saturated heterocycles. The largest absolute Gasteiger partial charge is 0.376 e. The van der Waals surface area contributed by atoms with E-state index in [4.69, 9.17) is 10.5 Å². The maximum Gasteiger partial charge on any atom is 0.241 e. The van der Waals surface area contributed by atoms with Crippen LogP contribution in [0.4, 0.5) is 5.69 Å². The molecule has 1 fully saturated rings. The minimum Gasteiger partial charge on any atom is -0.376 e. The number of benzene rings is 1. The molecule has 0 radical (unpaired) electrons. The predicted octanol–water partition coefficient (Wildman–Crippen LogP) is 1.71. The van der Waals surface area contributed by atoms with Crippen molar-refractivity contribution in [3.8, 4) is 12.1 Å². The summed E-state index contributed by atoms with van der Waals surface area (Å²) < 4.78 is 0. The Bertz CT molecular complexity index is 593. The lowest BCUT2D eigenvalue weighted by molar-refractivity contribution is -0.128. The van der Waals surface area contributed by atoms with Gasteiger partial charge in [-0.05, 0) is 37.0 Å². The molecule has 1 saturated carbocycles. The molecule has 2 rings (SSSR count). The fourth-order valence-corrected chi connectivity index (χ4v) is 1.95. The molecule has 0 bridgehead atoms. The Labute approximate surface area is 118 Å². The molecule has 5 nitrogen and oxygen atoms in total. The third kappa shape index (κ3) is 3.49. The lowest BCUT2D eigenvalue weighted by atomic mass is 10.1. The molecule has 1 aliphatic carbocycles. The van der Waals surface area contributed by atoms with Crippen molar-refractivity contribution >= 4 is 11.6 Å². The van der Waals surface area contributed by atoms with Gasteiger partial charge in [-0.3, -0.25) is 4.79 Å². The van der Waals surface area contributed by atoms with Gasteiger partial charge in [0.2, 0.25) is 5.91 Å². The maximum atomic E-state index is 11.9. The van der Waals surface area contributed by atoms with E-state index in [0.29, 0.717) is 22.7 Å². The van der Waals surface area contributed by atoms with Gasteiger partial charge in [0.25, 0.3) is 0 Å². The number of amides is 1. The van der Waals surface area contributed by atoms with Crippen molar-refractivity contribution in [2.75, 3.05) is 25.5 Å². The van der Waals surface area contributed by atoms with Crippen molar-refractivity contribution in [3.63, 3.8) is 0 Å². The maximum absolute atomic E-state index is 11.9. The van der Waals surface area contributed by atoms with E-state index in [1.807, 2.05) is 19.2 Å².